The Labute approximate surface area is 149 Å². The smallest absolute Gasteiger partial charge is 0.318 e. The average molecular weight is 344 g/mol. The normalized spacial score (nSPS) is 20.0. The maximum atomic E-state index is 12.6. The van der Waals surface area contributed by atoms with Gasteiger partial charge in [-0.2, -0.15) is 0 Å². The van der Waals surface area contributed by atoms with E-state index in [-0.39, 0.29) is 24.5 Å². The molecule has 2 saturated heterocycles. The zero-order valence-electron chi connectivity index (χ0n) is 15.2. The first-order chi connectivity index (χ1) is 12.1. The summed E-state index contributed by atoms with van der Waals surface area (Å²) in [4.78, 5) is 30.5. The van der Waals surface area contributed by atoms with Gasteiger partial charge in [-0.15, -0.1) is 0 Å². The second kappa shape index (κ2) is 7.76. The fourth-order valence-electron chi connectivity index (χ4n) is 3.70. The molecule has 0 spiro atoms. The minimum atomic E-state index is -0.134. The zero-order valence-corrected chi connectivity index (χ0v) is 15.2. The Hall–Kier alpha value is -2.24. The lowest BCUT2D eigenvalue weighted by Crippen LogP contribution is -2.44. The molecule has 0 aromatic heterocycles. The van der Waals surface area contributed by atoms with E-state index in [2.05, 4.69) is 28.4 Å². The molecule has 136 valence electrons. The molecule has 1 N–H and O–H groups in total. The third-order valence-corrected chi connectivity index (χ3v) is 5.13. The van der Waals surface area contributed by atoms with E-state index in [1.54, 1.807) is 0 Å². The van der Waals surface area contributed by atoms with E-state index in [1.165, 1.54) is 0 Å². The first-order valence-electron chi connectivity index (χ1n) is 9.16. The quantitative estimate of drug-likeness (QED) is 0.911. The molecule has 0 radical (unpaired) electrons. The Morgan fingerprint density at radius 1 is 1.16 bits per heavy atom. The van der Waals surface area contributed by atoms with Crippen molar-refractivity contribution in [2.24, 2.45) is 0 Å². The Morgan fingerprint density at radius 2 is 1.92 bits per heavy atom. The lowest BCUT2D eigenvalue weighted by molar-refractivity contribution is -0.129. The number of amides is 3. The van der Waals surface area contributed by atoms with Gasteiger partial charge in [0, 0.05) is 39.4 Å². The second-order valence-electron chi connectivity index (χ2n) is 7.09. The number of urea groups is 1. The Balaban J connectivity index is 1.61. The van der Waals surface area contributed by atoms with Crippen LogP contribution in [0, 0.1) is 0 Å². The molecule has 1 unspecified atom stereocenters. The van der Waals surface area contributed by atoms with Gasteiger partial charge in [0.25, 0.3) is 0 Å². The summed E-state index contributed by atoms with van der Waals surface area (Å²) in [5.41, 5.74) is 2.29. The summed E-state index contributed by atoms with van der Waals surface area (Å²) in [7, 11) is 4.03. The van der Waals surface area contributed by atoms with Crippen LogP contribution in [0.15, 0.2) is 24.3 Å². The van der Waals surface area contributed by atoms with Crippen LogP contribution >= 0.6 is 0 Å². The van der Waals surface area contributed by atoms with Gasteiger partial charge < -0.3 is 20.0 Å². The molecule has 1 atom stereocenters. The molecule has 2 aliphatic heterocycles. The highest BCUT2D eigenvalue weighted by Gasteiger charge is 2.30. The number of hydrogen-bond acceptors (Lipinski definition) is 3. The van der Waals surface area contributed by atoms with Gasteiger partial charge >= 0.3 is 6.03 Å². The highest BCUT2D eigenvalue weighted by Crippen LogP contribution is 2.33. The van der Waals surface area contributed by atoms with E-state index in [9.17, 15) is 9.59 Å². The van der Waals surface area contributed by atoms with Crippen molar-refractivity contribution in [3.63, 3.8) is 0 Å². The van der Waals surface area contributed by atoms with Gasteiger partial charge in [-0.05, 0) is 43.4 Å². The number of benzene rings is 1. The Kier molecular flexibility index (Phi) is 5.46. The van der Waals surface area contributed by atoms with Crippen LogP contribution in [-0.2, 0) is 4.79 Å². The molecule has 1 aromatic rings. The molecule has 25 heavy (non-hydrogen) atoms. The molecule has 6 heteroatoms. The van der Waals surface area contributed by atoms with Gasteiger partial charge in [-0.25, -0.2) is 4.79 Å². The van der Waals surface area contributed by atoms with Crippen molar-refractivity contribution in [3.05, 3.63) is 29.8 Å². The Morgan fingerprint density at radius 3 is 2.64 bits per heavy atom. The number of carbonyl (C=O) groups excluding carboxylic acids is 2. The second-order valence-corrected chi connectivity index (χ2v) is 7.09. The number of carbonyl (C=O) groups is 2. The number of likely N-dealkylation sites (tertiary alicyclic amines) is 2. The molecule has 2 heterocycles. The van der Waals surface area contributed by atoms with E-state index in [0.717, 1.165) is 56.6 Å². The van der Waals surface area contributed by atoms with Gasteiger partial charge in [0.15, 0.2) is 0 Å². The molecular weight excluding hydrogens is 316 g/mol. The summed E-state index contributed by atoms with van der Waals surface area (Å²) in [6, 6.07) is 8.28. The van der Waals surface area contributed by atoms with Crippen molar-refractivity contribution in [1.82, 2.24) is 15.1 Å². The number of nitrogens with zero attached hydrogens (tertiary/aromatic N) is 3. The standard InChI is InChI=1S/C19H28N4O2/c1-21(2)16-8-5-7-15(13-16)17-9-6-12-23(17)19(25)20-14-18(24)22-10-3-4-11-22/h5,7-8,13,17H,3-4,6,9-12,14H2,1-2H3,(H,20,25). The molecule has 0 bridgehead atoms. The van der Waals surface area contributed by atoms with Crippen LogP contribution in [0.1, 0.15) is 37.3 Å². The molecule has 2 fully saturated rings. The summed E-state index contributed by atoms with van der Waals surface area (Å²) in [6.07, 6.45) is 4.08. The summed E-state index contributed by atoms with van der Waals surface area (Å²) < 4.78 is 0. The minimum Gasteiger partial charge on any atom is -0.378 e. The van der Waals surface area contributed by atoms with E-state index in [1.807, 2.05) is 30.0 Å². The maximum absolute atomic E-state index is 12.6. The Bertz CT molecular complexity index is 626. The summed E-state index contributed by atoms with van der Waals surface area (Å²) in [5.74, 6) is 0.0243. The average Bonchev–Trinajstić information content (AvgIpc) is 3.30. The molecule has 0 aliphatic carbocycles. The van der Waals surface area contributed by atoms with E-state index in [0.29, 0.717) is 0 Å². The first kappa shape index (κ1) is 17.6. The van der Waals surface area contributed by atoms with Gasteiger partial charge in [0.05, 0.1) is 12.6 Å². The van der Waals surface area contributed by atoms with Crippen LogP contribution in [0.3, 0.4) is 0 Å². The van der Waals surface area contributed by atoms with Gasteiger partial charge in [0.2, 0.25) is 5.91 Å². The van der Waals surface area contributed by atoms with Gasteiger partial charge in [-0.3, -0.25) is 4.79 Å². The fraction of sp³-hybridized carbons (Fsp3) is 0.579. The van der Waals surface area contributed by atoms with E-state index >= 15 is 0 Å². The van der Waals surface area contributed by atoms with E-state index < -0.39 is 0 Å². The zero-order chi connectivity index (χ0) is 17.8. The number of rotatable bonds is 4. The molecule has 0 saturated carbocycles. The van der Waals surface area contributed by atoms with Gasteiger partial charge in [-0.1, -0.05) is 12.1 Å². The SMILES string of the molecule is CN(C)c1cccc(C2CCCN2C(=O)NCC(=O)N2CCCC2)c1. The minimum absolute atomic E-state index is 0.0243. The third kappa shape index (κ3) is 4.06. The van der Waals surface area contributed by atoms with Crippen LogP contribution in [0.5, 0.6) is 0 Å². The molecule has 1 aromatic carbocycles. The van der Waals surface area contributed by atoms with Crippen molar-refractivity contribution >= 4 is 17.6 Å². The highest BCUT2D eigenvalue weighted by molar-refractivity contribution is 5.84. The molecule has 3 rings (SSSR count). The van der Waals surface area contributed by atoms with Crippen LogP contribution in [-0.4, -0.2) is 62.0 Å². The van der Waals surface area contributed by atoms with Crippen molar-refractivity contribution in [2.45, 2.75) is 31.7 Å². The summed E-state index contributed by atoms with van der Waals surface area (Å²) >= 11 is 0. The maximum Gasteiger partial charge on any atom is 0.318 e. The monoisotopic (exact) mass is 344 g/mol. The molecular formula is C19H28N4O2. The number of nitrogens with one attached hydrogen (secondary N) is 1. The topological polar surface area (TPSA) is 55.9 Å². The number of hydrogen-bond donors (Lipinski definition) is 1. The third-order valence-electron chi connectivity index (χ3n) is 5.13. The first-order valence-corrected chi connectivity index (χ1v) is 9.16. The van der Waals surface area contributed by atoms with Crippen LogP contribution < -0.4 is 10.2 Å². The fourth-order valence-corrected chi connectivity index (χ4v) is 3.70. The largest absolute Gasteiger partial charge is 0.378 e. The lowest BCUT2D eigenvalue weighted by Gasteiger charge is -2.26. The summed E-state index contributed by atoms with van der Waals surface area (Å²) in [6.45, 7) is 2.47. The van der Waals surface area contributed by atoms with E-state index in [4.69, 9.17) is 0 Å². The van der Waals surface area contributed by atoms with Crippen molar-refractivity contribution in [1.29, 1.82) is 0 Å². The molecule has 6 nitrogen and oxygen atoms in total. The van der Waals surface area contributed by atoms with Crippen molar-refractivity contribution < 1.29 is 9.59 Å². The van der Waals surface area contributed by atoms with Crippen LogP contribution in [0.4, 0.5) is 10.5 Å². The predicted octanol–water partition coefficient (Wildman–Crippen LogP) is 2.22. The molecule has 3 amide bonds. The van der Waals surface area contributed by atoms with Crippen LogP contribution in [0.25, 0.3) is 0 Å². The lowest BCUT2D eigenvalue weighted by atomic mass is 10.0. The predicted molar refractivity (Wildman–Crippen MR) is 98.7 cm³/mol. The van der Waals surface area contributed by atoms with Crippen molar-refractivity contribution in [3.8, 4) is 0 Å². The number of anilines is 1. The summed E-state index contributed by atoms with van der Waals surface area (Å²) in [5, 5.41) is 2.82. The van der Waals surface area contributed by atoms with Crippen LogP contribution in [0.2, 0.25) is 0 Å². The molecule has 2 aliphatic rings. The van der Waals surface area contributed by atoms with Crippen molar-refractivity contribution in [2.75, 3.05) is 45.2 Å². The highest BCUT2D eigenvalue weighted by atomic mass is 16.2. The van der Waals surface area contributed by atoms with Gasteiger partial charge in [0.1, 0.15) is 0 Å².